The Hall–Kier alpha value is -1.87. The van der Waals surface area contributed by atoms with Crippen LogP contribution < -0.4 is 0 Å². The second-order valence-electron chi connectivity index (χ2n) is 3.90. The van der Waals surface area contributed by atoms with E-state index in [0.717, 1.165) is 5.56 Å². The van der Waals surface area contributed by atoms with Gasteiger partial charge in [-0.2, -0.15) is 0 Å². The molecule has 3 heteroatoms. The number of ether oxygens (including phenoxy) is 1. The molecule has 0 radical (unpaired) electrons. The molecule has 0 aliphatic heterocycles. The van der Waals surface area contributed by atoms with E-state index in [9.17, 15) is 4.79 Å². The summed E-state index contributed by atoms with van der Waals surface area (Å²) in [7, 11) is 1.38. The lowest BCUT2D eigenvalue weighted by Crippen LogP contribution is -2.00. The summed E-state index contributed by atoms with van der Waals surface area (Å²) in [5.41, 5.74) is 1.63. The molecule has 0 atom stereocenters. The van der Waals surface area contributed by atoms with Crippen LogP contribution in [0.5, 0.6) is 0 Å². The van der Waals surface area contributed by atoms with Crippen molar-refractivity contribution in [1.29, 1.82) is 0 Å². The minimum absolute atomic E-state index is 0.306. The Morgan fingerprint density at radius 3 is 2.39 bits per heavy atom. The molecule has 1 heterocycles. The van der Waals surface area contributed by atoms with Crippen molar-refractivity contribution in [3.05, 3.63) is 57.3 Å². The van der Waals surface area contributed by atoms with E-state index in [0.29, 0.717) is 5.56 Å². The standard InChI is InChI=1S/C15H14O2S/c1-11-3-9-14(18-11)10-6-12-4-7-13(8-5-12)15(16)17-2/h3-10H,1-2H3. The zero-order chi connectivity index (χ0) is 13.0. The minimum atomic E-state index is -0.306. The molecule has 0 N–H and O–H groups in total. The molecular weight excluding hydrogens is 244 g/mol. The fraction of sp³-hybridized carbons (Fsp3) is 0.133. The SMILES string of the molecule is COC(=O)c1ccc(C=Cc2ccc(C)s2)cc1. The van der Waals surface area contributed by atoms with Crippen LogP contribution in [0.25, 0.3) is 12.2 Å². The van der Waals surface area contributed by atoms with Gasteiger partial charge in [0.1, 0.15) is 0 Å². The summed E-state index contributed by atoms with van der Waals surface area (Å²) < 4.78 is 4.65. The fourth-order valence-electron chi connectivity index (χ4n) is 1.57. The summed E-state index contributed by atoms with van der Waals surface area (Å²) in [4.78, 5) is 13.8. The Morgan fingerprint density at radius 2 is 1.83 bits per heavy atom. The van der Waals surface area contributed by atoms with Crippen LogP contribution in [0.3, 0.4) is 0 Å². The third kappa shape index (κ3) is 3.08. The highest BCUT2D eigenvalue weighted by Gasteiger charge is 2.02. The van der Waals surface area contributed by atoms with E-state index in [4.69, 9.17) is 0 Å². The van der Waals surface area contributed by atoms with Gasteiger partial charge in [-0.1, -0.05) is 18.2 Å². The summed E-state index contributed by atoms with van der Waals surface area (Å²) in [6.07, 6.45) is 4.11. The van der Waals surface area contributed by atoms with Crippen LogP contribution in [0.2, 0.25) is 0 Å². The normalized spacial score (nSPS) is 10.8. The van der Waals surface area contributed by atoms with Crippen LogP contribution in [-0.2, 0) is 4.74 Å². The largest absolute Gasteiger partial charge is 0.465 e. The van der Waals surface area contributed by atoms with Gasteiger partial charge in [0.2, 0.25) is 0 Å². The lowest BCUT2D eigenvalue weighted by atomic mass is 10.1. The first-order valence-corrected chi connectivity index (χ1v) is 6.43. The number of esters is 1. The maximum atomic E-state index is 11.3. The molecule has 0 unspecified atom stereocenters. The van der Waals surface area contributed by atoms with Crippen LogP contribution in [0.1, 0.15) is 25.7 Å². The molecule has 1 aromatic heterocycles. The first kappa shape index (κ1) is 12.6. The molecule has 0 aliphatic carbocycles. The number of methoxy groups -OCH3 is 1. The topological polar surface area (TPSA) is 26.3 Å². The van der Waals surface area contributed by atoms with Crippen molar-refractivity contribution in [2.24, 2.45) is 0 Å². The molecule has 0 saturated heterocycles. The van der Waals surface area contributed by atoms with E-state index in [1.807, 2.05) is 18.2 Å². The Morgan fingerprint density at radius 1 is 1.11 bits per heavy atom. The Balaban J connectivity index is 2.11. The highest BCUT2D eigenvalue weighted by atomic mass is 32.1. The van der Waals surface area contributed by atoms with Crippen molar-refractivity contribution in [2.45, 2.75) is 6.92 Å². The molecule has 18 heavy (non-hydrogen) atoms. The van der Waals surface area contributed by atoms with Gasteiger partial charge in [-0.3, -0.25) is 0 Å². The zero-order valence-electron chi connectivity index (χ0n) is 10.3. The maximum absolute atomic E-state index is 11.3. The lowest BCUT2D eigenvalue weighted by molar-refractivity contribution is 0.0601. The maximum Gasteiger partial charge on any atom is 0.337 e. The molecule has 92 valence electrons. The Bertz CT molecular complexity index is 564. The highest BCUT2D eigenvalue weighted by Crippen LogP contribution is 2.18. The average Bonchev–Trinajstić information content (AvgIpc) is 2.82. The fourth-order valence-corrected chi connectivity index (χ4v) is 2.35. The Kier molecular flexibility index (Phi) is 3.95. The van der Waals surface area contributed by atoms with Crippen molar-refractivity contribution in [3.8, 4) is 0 Å². The predicted molar refractivity (Wildman–Crippen MR) is 75.8 cm³/mol. The highest BCUT2D eigenvalue weighted by molar-refractivity contribution is 7.12. The quantitative estimate of drug-likeness (QED) is 0.777. The summed E-state index contributed by atoms with van der Waals surface area (Å²) in [6.45, 7) is 2.09. The third-order valence-electron chi connectivity index (χ3n) is 2.53. The lowest BCUT2D eigenvalue weighted by Gasteiger charge is -1.99. The number of hydrogen-bond donors (Lipinski definition) is 0. The monoisotopic (exact) mass is 258 g/mol. The summed E-state index contributed by atoms with van der Waals surface area (Å²) in [6, 6.07) is 11.5. The van der Waals surface area contributed by atoms with Crippen molar-refractivity contribution in [1.82, 2.24) is 0 Å². The molecule has 2 rings (SSSR count). The Labute approximate surface area is 111 Å². The van der Waals surface area contributed by atoms with Gasteiger partial charge >= 0.3 is 5.97 Å². The second-order valence-corrected chi connectivity index (χ2v) is 5.21. The van der Waals surface area contributed by atoms with Gasteiger partial charge in [0, 0.05) is 9.75 Å². The summed E-state index contributed by atoms with van der Waals surface area (Å²) in [5, 5.41) is 0. The molecule has 1 aromatic carbocycles. The molecule has 2 aromatic rings. The van der Waals surface area contributed by atoms with Crippen LogP contribution in [0.4, 0.5) is 0 Å². The van der Waals surface area contributed by atoms with Gasteiger partial charge in [-0.05, 0) is 42.8 Å². The molecule has 2 nitrogen and oxygen atoms in total. The van der Waals surface area contributed by atoms with Crippen molar-refractivity contribution >= 4 is 29.5 Å². The van der Waals surface area contributed by atoms with E-state index in [1.165, 1.54) is 16.9 Å². The molecule has 0 aliphatic rings. The number of carbonyl (C=O) groups is 1. The van der Waals surface area contributed by atoms with Gasteiger partial charge in [0.15, 0.2) is 0 Å². The molecule has 0 amide bonds. The van der Waals surface area contributed by atoms with E-state index in [-0.39, 0.29) is 5.97 Å². The number of aryl methyl sites for hydroxylation is 1. The summed E-state index contributed by atoms with van der Waals surface area (Å²) >= 11 is 1.76. The number of rotatable bonds is 3. The number of hydrogen-bond acceptors (Lipinski definition) is 3. The number of benzene rings is 1. The van der Waals surface area contributed by atoms with Crippen molar-refractivity contribution < 1.29 is 9.53 Å². The van der Waals surface area contributed by atoms with Gasteiger partial charge < -0.3 is 4.74 Å². The van der Waals surface area contributed by atoms with Gasteiger partial charge in [0.25, 0.3) is 0 Å². The molecule has 0 bridgehead atoms. The van der Waals surface area contributed by atoms with E-state index >= 15 is 0 Å². The van der Waals surface area contributed by atoms with E-state index in [1.54, 1.807) is 23.5 Å². The number of thiophene rings is 1. The smallest absolute Gasteiger partial charge is 0.337 e. The molecular formula is C15H14O2S. The van der Waals surface area contributed by atoms with Crippen LogP contribution in [0, 0.1) is 6.92 Å². The molecule has 0 spiro atoms. The van der Waals surface area contributed by atoms with E-state index < -0.39 is 0 Å². The van der Waals surface area contributed by atoms with Gasteiger partial charge in [-0.15, -0.1) is 11.3 Å². The predicted octanol–water partition coefficient (Wildman–Crippen LogP) is 4.01. The van der Waals surface area contributed by atoms with Crippen LogP contribution >= 0.6 is 11.3 Å². The van der Waals surface area contributed by atoms with Gasteiger partial charge in [-0.25, -0.2) is 4.79 Å². The first-order chi connectivity index (χ1) is 8.69. The first-order valence-electron chi connectivity index (χ1n) is 5.62. The molecule has 0 saturated carbocycles. The van der Waals surface area contributed by atoms with Crippen LogP contribution in [-0.4, -0.2) is 13.1 Å². The van der Waals surface area contributed by atoms with Crippen LogP contribution in [0.15, 0.2) is 36.4 Å². The van der Waals surface area contributed by atoms with Gasteiger partial charge in [0.05, 0.1) is 12.7 Å². The van der Waals surface area contributed by atoms with E-state index in [2.05, 4.69) is 29.9 Å². The van der Waals surface area contributed by atoms with Crippen molar-refractivity contribution in [3.63, 3.8) is 0 Å². The number of carbonyl (C=O) groups excluding carboxylic acids is 1. The third-order valence-corrected chi connectivity index (χ3v) is 3.50. The molecule has 0 fully saturated rings. The second kappa shape index (κ2) is 5.65. The van der Waals surface area contributed by atoms with Crippen molar-refractivity contribution in [2.75, 3.05) is 7.11 Å². The minimum Gasteiger partial charge on any atom is -0.465 e. The summed E-state index contributed by atoms with van der Waals surface area (Å²) in [5.74, 6) is -0.306. The average molecular weight is 258 g/mol. The zero-order valence-corrected chi connectivity index (χ0v) is 11.2.